The summed E-state index contributed by atoms with van der Waals surface area (Å²) in [5.41, 5.74) is 4.36. The van der Waals surface area contributed by atoms with E-state index in [9.17, 15) is 0 Å². The Kier molecular flexibility index (Phi) is 3.62. The average molecular weight is 303 g/mol. The third-order valence-electron chi connectivity index (χ3n) is 3.78. The summed E-state index contributed by atoms with van der Waals surface area (Å²) in [6, 6.07) is 14.3. The second-order valence-corrected chi connectivity index (χ2v) is 5.45. The molecule has 0 saturated heterocycles. The van der Waals surface area contributed by atoms with Crippen LogP contribution in [0.25, 0.3) is 17.0 Å². The third kappa shape index (κ3) is 3.00. The molecule has 114 valence electrons. The van der Waals surface area contributed by atoms with Crippen molar-refractivity contribution in [2.75, 3.05) is 0 Å². The standard InChI is InChI=1S/C18H17N5/c1-2-4-15(5-3-1)18-21-13-16(22-18)12-19-11-14-6-8-23-9-7-20-17(23)10-14/h1-10,13,19H,11-12H2,(H,21,22). The van der Waals surface area contributed by atoms with E-state index < -0.39 is 0 Å². The van der Waals surface area contributed by atoms with Gasteiger partial charge in [0, 0.05) is 49.1 Å². The quantitative estimate of drug-likeness (QED) is 0.596. The van der Waals surface area contributed by atoms with Crippen LogP contribution in [0.4, 0.5) is 0 Å². The molecule has 0 spiro atoms. The largest absolute Gasteiger partial charge is 0.341 e. The Bertz CT molecular complexity index is 907. The van der Waals surface area contributed by atoms with Crippen molar-refractivity contribution in [1.82, 2.24) is 24.7 Å². The number of aromatic nitrogens is 4. The monoisotopic (exact) mass is 303 g/mol. The SMILES string of the molecule is c1ccc(-c2ncc(CNCc3ccn4ccnc4c3)[nH]2)cc1. The first kappa shape index (κ1) is 13.7. The number of rotatable bonds is 5. The van der Waals surface area contributed by atoms with Gasteiger partial charge in [-0.1, -0.05) is 30.3 Å². The highest BCUT2D eigenvalue weighted by Crippen LogP contribution is 2.14. The zero-order valence-corrected chi connectivity index (χ0v) is 12.6. The molecular formula is C18H17N5. The van der Waals surface area contributed by atoms with Crippen molar-refractivity contribution in [3.05, 3.63) is 78.5 Å². The lowest BCUT2D eigenvalue weighted by Crippen LogP contribution is -2.13. The first-order chi connectivity index (χ1) is 11.4. The predicted molar refractivity (Wildman–Crippen MR) is 89.8 cm³/mol. The molecule has 2 N–H and O–H groups in total. The molecule has 4 rings (SSSR count). The van der Waals surface area contributed by atoms with Crippen LogP contribution in [0.1, 0.15) is 11.3 Å². The van der Waals surface area contributed by atoms with Crippen molar-refractivity contribution in [3.63, 3.8) is 0 Å². The second kappa shape index (κ2) is 6.06. The van der Waals surface area contributed by atoms with Crippen molar-refractivity contribution < 1.29 is 0 Å². The van der Waals surface area contributed by atoms with Gasteiger partial charge < -0.3 is 14.7 Å². The number of aromatic amines is 1. The van der Waals surface area contributed by atoms with E-state index in [1.54, 1.807) is 0 Å². The van der Waals surface area contributed by atoms with Crippen LogP contribution in [-0.2, 0) is 13.1 Å². The minimum absolute atomic E-state index is 0.749. The molecule has 0 aliphatic carbocycles. The molecule has 1 aromatic carbocycles. The molecule has 0 aliphatic heterocycles. The van der Waals surface area contributed by atoms with Gasteiger partial charge in [0.1, 0.15) is 11.5 Å². The number of benzene rings is 1. The van der Waals surface area contributed by atoms with E-state index in [-0.39, 0.29) is 0 Å². The van der Waals surface area contributed by atoms with Crippen molar-refractivity contribution in [2.45, 2.75) is 13.1 Å². The van der Waals surface area contributed by atoms with Crippen LogP contribution in [0.3, 0.4) is 0 Å². The van der Waals surface area contributed by atoms with Gasteiger partial charge in [0.2, 0.25) is 0 Å². The summed E-state index contributed by atoms with van der Waals surface area (Å²) in [6.07, 6.45) is 7.67. The number of imidazole rings is 2. The lowest BCUT2D eigenvalue weighted by atomic mass is 10.2. The van der Waals surface area contributed by atoms with Crippen molar-refractivity contribution in [2.24, 2.45) is 0 Å². The Balaban J connectivity index is 1.38. The van der Waals surface area contributed by atoms with Crippen LogP contribution in [0.2, 0.25) is 0 Å². The van der Waals surface area contributed by atoms with Crippen LogP contribution in [0, 0.1) is 0 Å². The van der Waals surface area contributed by atoms with E-state index in [0.29, 0.717) is 0 Å². The topological polar surface area (TPSA) is 58.0 Å². The van der Waals surface area contributed by atoms with E-state index in [4.69, 9.17) is 0 Å². The molecule has 5 heteroatoms. The number of nitrogens with one attached hydrogen (secondary N) is 2. The van der Waals surface area contributed by atoms with Gasteiger partial charge in [0.15, 0.2) is 0 Å². The molecule has 5 nitrogen and oxygen atoms in total. The Morgan fingerprint density at radius 2 is 1.91 bits per heavy atom. The van der Waals surface area contributed by atoms with E-state index in [1.165, 1.54) is 5.56 Å². The summed E-state index contributed by atoms with van der Waals surface area (Å²) in [6.45, 7) is 1.54. The van der Waals surface area contributed by atoms with E-state index in [0.717, 1.165) is 35.8 Å². The molecule has 4 aromatic rings. The fourth-order valence-corrected chi connectivity index (χ4v) is 2.60. The maximum atomic E-state index is 4.44. The third-order valence-corrected chi connectivity index (χ3v) is 3.78. The van der Waals surface area contributed by atoms with Gasteiger partial charge >= 0.3 is 0 Å². The van der Waals surface area contributed by atoms with Crippen LogP contribution >= 0.6 is 0 Å². The van der Waals surface area contributed by atoms with Crippen LogP contribution < -0.4 is 5.32 Å². The maximum absolute atomic E-state index is 4.44. The molecule has 0 saturated carbocycles. The molecule has 0 aliphatic rings. The van der Waals surface area contributed by atoms with Crippen molar-refractivity contribution in [3.8, 4) is 11.4 Å². The normalized spacial score (nSPS) is 11.1. The molecular weight excluding hydrogens is 286 g/mol. The zero-order chi connectivity index (χ0) is 15.5. The summed E-state index contributed by atoms with van der Waals surface area (Å²) in [5.74, 6) is 0.904. The average Bonchev–Trinajstić information content (AvgIpc) is 3.24. The first-order valence-electron chi connectivity index (χ1n) is 7.60. The number of nitrogens with zero attached hydrogens (tertiary/aromatic N) is 3. The molecule has 23 heavy (non-hydrogen) atoms. The van der Waals surface area contributed by atoms with Gasteiger partial charge in [0.05, 0.1) is 0 Å². The Hall–Kier alpha value is -2.92. The highest BCUT2D eigenvalue weighted by molar-refractivity contribution is 5.54. The number of pyridine rings is 1. The van der Waals surface area contributed by atoms with Gasteiger partial charge in [-0.2, -0.15) is 0 Å². The maximum Gasteiger partial charge on any atom is 0.137 e. The summed E-state index contributed by atoms with van der Waals surface area (Å²) in [5, 5.41) is 3.43. The van der Waals surface area contributed by atoms with E-state index in [1.807, 2.05) is 47.4 Å². The fourth-order valence-electron chi connectivity index (χ4n) is 2.60. The molecule has 0 amide bonds. The fraction of sp³-hybridized carbons (Fsp3) is 0.111. The van der Waals surface area contributed by atoms with Crippen LogP contribution in [-0.4, -0.2) is 19.4 Å². The van der Waals surface area contributed by atoms with E-state index >= 15 is 0 Å². The van der Waals surface area contributed by atoms with Crippen LogP contribution in [0.15, 0.2) is 67.3 Å². The Morgan fingerprint density at radius 1 is 1.00 bits per heavy atom. The van der Waals surface area contributed by atoms with Crippen molar-refractivity contribution >= 4 is 5.65 Å². The van der Waals surface area contributed by atoms with E-state index in [2.05, 4.69) is 44.5 Å². The molecule has 0 radical (unpaired) electrons. The smallest absolute Gasteiger partial charge is 0.137 e. The summed E-state index contributed by atoms with van der Waals surface area (Å²) in [4.78, 5) is 12.1. The number of hydrogen-bond donors (Lipinski definition) is 2. The van der Waals surface area contributed by atoms with Crippen LogP contribution in [0.5, 0.6) is 0 Å². The van der Waals surface area contributed by atoms with Gasteiger partial charge in [-0.3, -0.25) is 0 Å². The Morgan fingerprint density at radius 3 is 2.83 bits per heavy atom. The highest BCUT2D eigenvalue weighted by atomic mass is 15.0. The predicted octanol–water partition coefficient (Wildman–Crippen LogP) is 3.01. The summed E-state index contributed by atoms with van der Waals surface area (Å²) < 4.78 is 2.00. The Labute approximate surface area is 134 Å². The highest BCUT2D eigenvalue weighted by Gasteiger charge is 2.03. The molecule has 0 bridgehead atoms. The summed E-state index contributed by atoms with van der Waals surface area (Å²) >= 11 is 0. The molecule has 3 heterocycles. The lowest BCUT2D eigenvalue weighted by Gasteiger charge is -2.04. The van der Waals surface area contributed by atoms with Gasteiger partial charge in [0.25, 0.3) is 0 Å². The molecule has 0 fully saturated rings. The molecule has 0 unspecified atom stereocenters. The minimum Gasteiger partial charge on any atom is -0.341 e. The lowest BCUT2D eigenvalue weighted by molar-refractivity contribution is 0.682. The number of hydrogen-bond acceptors (Lipinski definition) is 3. The van der Waals surface area contributed by atoms with Crippen molar-refractivity contribution in [1.29, 1.82) is 0 Å². The van der Waals surface area contributed by atoms with Gasteiger partial charge in [-0.25, -0.2) is 9.97 Å². The zero-order valence-electron chi connectivity index (χ0n) is 12.6. The van der Waals surface area contributed by atoms with Gasteiger partial charge in [-0.15, -0.1) is 0 Å². The number of H-pyrrole nitrogens is 1. The molecule has 3 aromatic heterocycles. The molecule has 0 atom stereocenters. The first-order valence-corrected chi connectivity index (χ1v) is 7.60. The number of fused-ring (bicyclic) bond motifs is 1. The van der Waals surface area contributed by atoms with Gasteiger partial charge in [-0.05, 0) is 17.7 Å². The second-order valence-electron chi connectivity index (χ2n) is 5.45. The summed E-state index contributed by atoms with van der Waals surface area (Å²) in [7, 11) is 0. The minimum atomic E-state index is 0.749.